The fraction of sp³-hybridized carbons (Fsp3) is 0.186. The van der Waals surface area contributed by atoms with Crippen molar-refractivity contribution < 1.29 is 19.0 Å². The summed E-state index contributed by atoms with van der Waals surface area (Å²) in [6, 6.07) is 37.5. The van der Waals surface area contributed by atoms with Crippen LogP contribution in [-0.2, 0) is 9.53 Å². The predicted octanol–water partition coefficient (Wildman–Crippen LogP) is 7.72. The number of carbonyl (C=O) groups is 1. The smallest absolute Gasteiger partial charge is 0.338 e. The number of benzene rings is 4. The molecule has 0 bridgehead atoms. The molecule has 0 saturated carbocycles. The van der Waals surface area contributed by atoms with E-state index in [2.05, 4.69) is 47.0 Å². The number of hydrogen-bond acceptors (Lipinski definition) is 7. The highest BCUT2D eigenvalue weighted by molar-refractivity contribution is 7.07. The molecule has 2 aromatic heterocycles. The molecule has 52 heavy (non-hydrogen) atoms. The molecule has 1 aliphatic heterocycles. The van der Waals surface area contributed by atoms with Gasteiger partial charge >= 0.3 is 5.97 Å². The van der Waals surface area contributed by atoms with E-state index >= 15 is 0 Å². The fourth-order valence-corrected chi connectivity index (χ4v) is 7.69. The zero-order valence-electron chi connectivity index (χ0n) is 29.7. The Morgan fingerprint density at radius 3 is 2.17 bits per heavy atom. The minimum Gasteiger partial charge on any atom is -0.493 e. The monoisotopic (exact) mass is 709 g/mol. The third-order valence-corrected chi connectivity index (χ3v) is 9.81. The topological polar surface area (TPSA) is 84.1 Å². The second-order valence-electron chi connectivity index (χ2n) is 12.6. The molecule has 1 aliphatic rings. The average Bonchev–Trinajstić information content (AvgIpc) is 3.69. The summed E-state index contributed by atoms with van der Waals surface area (Å²) >= 11 is 1.29. The lowest BCUT2D eigenvalue weighted by molar-refractivity contribution is -0.139. The van der Waals surface area contributed by atoms with Crippen molar-refractivity contribution >= 4 is 23.4 Å². The maximum absolute atomic E-state index is 14.7. The molecule has 0 amide bonds. The van der Waals surface area contributed by atoms with E-state index < -0.39 is 12.0 Å². The molecule has 4 aromatic carbocycles. The lowest BCUT2D eigenvalue weighted by atomic mass is 9.95. The number of thiazole rings is 1. The van der Waals surface area contributed by atoms with Gasteiger partial charge in [-0.25, -0.2) is 9.79 Å². The summed E-state index contributed by atoms with van der Waals surface area (Å²) < 4.78 is 21.5. The summed E-state index contributed by atoms with van der Waals surface area (Å²) in [7, 11) is 1.57. The number of aromatic nitrogens is 2. The Morgan fingerprint density at radius 1 is 0.885 bits per heavy atom. The first-order valence-corrected chi connectivity index (χ1v) is 18.1. The van der Waals surface area contributed by atoms with E-state index in [1.165, 1.54) is 11.3 Å². The molecule has 9 heteroatoms. The minimum absolute atomic E-state index is 0.0744. The highest BCUT2D eigenvalue weighted by Crippen LogP contribution is 2.38. The maximum Gasteiger partial charge on any atom is 0.338 e. The van der Waals surface area contributed by atoms with Crippen molar-refractivity contribution in [1.82, 2.24) is 9.13 Å². The van der Waals surface area contributed by atoms with Gasteiger partial charge in [0, 0.05) is 11.3 Å². The van der Waals surface area contributed by atoms with Crippen molar-refractivity contribution in [3.05, 3.63) is 157 Å². The molecule has 0 fully saturated rings. The molecule has 3 heterocycles. The highest BCUT2D eigenvalue weighted by Gasteiger charge is 2.34. The number of ether oxygens (including phenoxy) is 3. The molecule has 0 saturated heterocycles. The number of esters is 1. The van der Waals surface area contributed by atoms with E-state index in [1.54, 1.807) is 25.5 Å². The second-order valence-corrected chi connectivity index (χ2v) is 13.6. The van der Waals surface area contributed by atoms with Gasteiger partial charge in [-0.1, -0.05) is 96.3 Å². The Balaban J connectivity index is 1.49. The number of fused-ring (bicyclic) bond motifs is 1. The highest BCUT2D eigenvalue weighted by atomic mass is 32.1. The molecular formula is C43H39N3O5S. The van der Waals surface area contributed by atoms with Crippen molar-refractivity contribution in [1.29, 1.82) is 0 Å². The Kier molecular flexibility index (Phi) is 9.78. The Morgan fingerprint density at radius 2 is 1.54 bits per heavy atom. The Hall–Kier alpha value is -5.93. The number of hydrogen-bond donors (Lipinski definition) is 0. The van der Waals surface area contributed by atoms with Gasteiger partial charge in [0.25, 0.3) is 5.56 Å². The van der Waals surface area contributed by atoms with E-state index in [-0.39, 0.29) is 18.3 Å². The first-order valence-electron chi connectivity index (χ1n) is 17.2. The van der Waals surface area contributed by atoms with Crippen LogP contribution < -0.4 is 24.4 Å². The van der Waals surface area contributed by atoms with E-state index in [9.17, 15) is 9.59 Å². The third-order valence-electron chi connectivity index (χ3n) is 8.83. The van der Waals surface area contributed by atoms with E-state index in [1.807, 2.05) is 92.7 Å². The van der Waals surface area contributed by atoms with Crippen LogP contribution in [-0.4, -0.2) is 34.9 Å². The maximum atomic E-state index is 14.7. The lowest BCUT2D eigenvalue weighted by Gasteiger charge is -2.25. The molecule has 7 rings (SSSR count). The van der Waals surface area contributed by atoms with Gasteiger partial charge in [-0.05, 0) is 80.8 Å². The zero-order valence-corrected chi connectivity index (χ0v) is 30.5. The number of methoxy groups -OCH3 is 1. The van der Waals surface area contributed by atoms with Crippen LogP contribution in [0.15, 0.2) is 136 Å². The molecule has 0 radical (unpaired) electrons. The molecule has 0 N–H and O–H groups in total. The second kappa shape index (κ2) is 14.7. The molecule has 8 nitrogen and oxygen atoms in total. The van der Waals surface area contributed by atoms with Gasteiger partial charge in [0.1, 0.15) is 0 Å². The number of rotatable bonds is 10. The van der Waals surface area contributed by atoms with Gasteiger partial charge in [0.05, 0.1) is 53.1 Å². The molecule has 0 aliphatic carbocycles. The van der Waals surface area contributed by atoms with Crippen LogP contribution in [0, 0.1) is 0 Å². The van der Waals surface area contributed by atoms with Crippen LogP contribution in [0.25, 0.3) is 34.3 Å². The van der Waals surface area contributed by atoms with Crippen molar-refractivity contribution in [2.75, 3.05) is 13.7 Å². The number of para-hydroxylation sites is 1. The number of nitrogens with zero attached hydrogens (tertiary/aromatic N) is 3. The van der Waals surface area contributed by atoms with Crippen LogP contribution in [0.1, 0.15) is 44.9 Å². The molecule has 6 aromatic rings. The largest absolute Gasteiger partial charge is 0.493 e. The van der Waals surface area contributed by atoms with Gasteiger partial charge in [0.15, 0.2) is 16.3 Å². The van der Waals surface area contributed by atoms with Crippen LogP contribution in [0.3, 0.4) is 0 Å². The van der Waals surface area contributed by atoms with Crippen molar-refractivity contribution in [2.24, 2.45) is 4.99 Å². The van der Waals surface area contributed by atoms with E-state index in [4.69, 9.17) is 19.2 Å². The molecular weight excluding hydrogens is 671 g/mol. The molecule has 0 spiro atoms. The summed E-state index contributed by atoms with van der Waals surface area (Å²) in [6.45, 7) is 7.60. The van der Waals surface area contributed by atoms with Gasteiger partial charge < -0.3 is 18.8 Å². The minimum atomic E-state index is -0.804. The zero-order chi connectivity index (χ0) is 36.4. The molecule has 0 unspecified atom stereocenters. The van der Waals surface area contributed by atoms with E-state index in [0.717, 1.165) is 33.8 Å². The van der Waals surface area contributed by atoms with Crippen LogP contribution in [0.5, 0.6) is 11.5 Å². The van der Waals surface area contributed by atoms with Crippen LogP contribution >= 0.6 is 11.3 Å². The summed E-state index contributed by atoms with van der Waals surface area (Å²) in [6.07, 6.45) is 1.87. The lowest BCUT2D eigenvalue weighted by Crippen LogP contribution is -2.40. The Bertz CT molecular complexity index is 2460. The first-order chi connectivity index (χ1) is 25.3. The van der Waals surface area contributed by atoms with E-state index in [0.29, 0.717) is 37.7 Å². The van der Waals surface area contributed by atoms with Gasteiger partial charge in [-0.15, -0.1) is 0 Å². The molecule has 1 atom stereocenters. The number of allylic oxidation sites excluding steroid dienone is 1. The predicted molar refractivity (Wildman–Crippen MR) is 206 cm³/mol. The third kappa shape index (κ3) is 6.51. The van der Waals surface area contributed by atoms with Crippen molar-refractivity contribution in [3.63, 3.8) is 0 Å². The normalized spacial score (nSPS) is 14.3. The Labute approximate surface area is 306 Å². The van der Waals surface area contributed by atoms with Gasteiger partial charge in [-0.2, -0.15) is 0 Å². The summed E-state index contributed by atoms with van der Waals surface area (Å²) in [5.74, 6) is 0.537. The number of carbonyl (C=O) groups excluding carboxylic acids is 1. The first kappa shape index (κ1) is 34.5. The van der Waals surface area contributed by atoms with Gasteiger partial charge in [0.2, 0.25) is 0 Å². The SMILES string of the molecule is CCOC(=O)C1=C(C)N=c2s/c(=C/c3cc(-c4ccccc4)n(-c4ccccc4)c3-c3ccccc3)c(=O)n2[C@H]1c1ccc(OC(C)C)c(OC)c1. The summed E-state index contributed by atoms with van der Waals surface area (Å²) in [5.41, 5.74) is 7.03. The fourth-order valence-electron chi connectivity index (χ4n) is 6.65. The summed E-state index contributed by atoms with van der Waals surface area (Å²) in [4.78, 5) is 33.6. The van der Waals surface area contributed by atoms with Crippen LogP contribution in [0.2, 0.25) is 0 Å². The summed E-state index contributed by atoms with van der Waals surface area (Å²) in [5, 5.41) is 0. The average molecular weight is 710 g/mol. The van der Waals surface area contributed by atoms with Crippen LogP contribution in [0.4, 0.5) is 0 Å². The molecule has 262 valence electrons. The quantitative estimate of drug-likeness (QED) is 0.136. The van der Waals surface area contributed by atoms with Gasteiger partial charge in [-0.3, -0.25) is 9.36 Å². The van der Waals surface area contributed by atoms with Crippen molar-refractivity contribution in [2.45, 2.75) is 39.8 Å². The standard InChI is InChI=1S/C43H39N3O5S/c1-6-50-42(48)38-28(4)44-43-46(40(38)31-22-23-35(51-27(2)3)36(25-31)49-5)41(47)37(52-43)26-32-24-34(29-16-10-7-11-17-29)45(33-20-14-9-15-21-33)39(32)30-18-12-8-13-19-30/h7-27,40H,6H2,1-5H3/b37-26+/t40-/m0/s1. The van der Waals surface area contributed by atoms with Crippen molar-refractivity contribution in [3.8, 4) is 39.7 Å².